The highest BCUT2D eigenvalue weighted by molar-refractivity contribution is 9.10. The molecule has 29 heavy (non-hydrogen) atoms. The van der Waals surface area contributed by atoms with Gasteiger partial charge in [0.2, 0.25) is 11.8 Å². The number of halogens is 2. The van der Waals surface area contributed by atoms with Gasteiger partial charge in [0.05, 0.1) is 0 Å². The van der Waals surface area contributed by atoms with E-state index >= 15 is 0 Å². The van der Waals surface area contributed by atoms with Crippen LogP contribution in [0.4, 0.5) is 5.69 Å². The summed E-state index contributed by atoms with van der Waals surface area (Å²) in [4.78, 5) is 35.6. The standard InChI is InChI=1S/C20H21BrClN3O4/c1-12-10-14(21)6-7-17(12)29-11-20(28)25-24-19(27)9-8-18(26)23-16-5-3-4-15(22)13(16)2/h3-7,10H,8-9,11H2,1-2H3,(H,23,26)(H,24,27)(H,25,28). The van der Waals surface area contributed by atoms with E-state index in [0.29, 0.717) is 16.5 Å². The minimum Gasteiger partial charge on any atom is -0.483 e. The monoisotopic (exact) mass is 481 g/mol. The summed E-state index contributed by atoms with van der Waals surface area (Å²) in [5.41, 5.74) is 6.72. The van der Waals surface area contributed by atoms with Crippen LogP contribution in [0, 0.1) is 13.8 Å². The van der Waals surface area contributed by atoms with E-state index in [-0.39, 0.29) is 25.4 Å². The minimum atomic E-state index is -0.514. The molecule has 0 bridgehead atoms. The van der Waals surface area contributed by atoms with Gasteiger partial charge in [0, 0.05) is 28.0 Å². The zero-order chi connectivity index (χ0) is 21.4. The Kier molecular flexibility index (Phi) is 8.48. The van der Waals surface area contributed by atoms with Gasteiger partial charge < -0.3 is 10.1 Å². The number of amides is 3. The molecule has 3 amide bonds. The summed E-state index contributed by atoms with van der Waals surface area (Å²) in [6, 6.07) is 10.6. The molecule has 0 unspecified atom stereocenters. The molecule has 0 spiro atoms. The quantitative estimate of drug-likeness (QED) is 0.525. The molecule has 0 aromatic heterocycles. The number of carbonyl (C=O) groups excluding carboxylic acids is 3. The highest BCUT2D eigenvalue weighted by atomic mass is 79.9. The van der Waals surface area contributed by atoms with Gasteiger partial charge in [0.1, 0.15) is 5.75 Å². The Bertz CT molecular complexity index is 921. The first-order chi connectivity index (χ1) is 13.8. The van der Waals surface area contributed by atoms with E-state index in [1.807, 2.05) is 13.0 Å². The summed E-state index contributed by atoms with van der Waals surface area (Å²) in [5.74, 6) is -0.760. The van der Waals surface area contributed by atoms with Gasteiger partial charge in [-0.05, 0) is 55.3 Å². The van der Waals surface area contributed by atoms with E-state index in [0.717, 1.165) is 15.6 Å². The van der Waals surface area contributed by atoms with Crippen LogP contribution in [-0.2, 0) is 14.4 Å². The van der Waals surface area contributed by atoms with E-state index < -0.39 is 11.8 Å². The molecule has 0 radical (unpaired) electrons. The fraction of sp³-hybridized carbons (Fsp3) is 0.250. The van der Waals surface area contributed by atoms with Crippen LogP contribution >= 0.6 is 27.5 Å². The van der Waals surface area contributed by atoms with Crippen molar-refractivity contribution in [1.29, 1.82) is 0 Å². The molecule has 0 aliphatic carbocycles. The maximum atomic E-state index is 12.0. The number of ether oxygens (including phenoxy) is 1. The zero-order valence-electron chi connectivity index (χ0n) is 16.0. The molecule has 7 nitrogen and oxygen atoms in total. The number of carbonyl (C=O) groups is 3. The first-order valence-corrected chi connectivity index (χ1v) is 9.95. The highest BCUT2D eigenvalue weighted by Gasteiger charge is 2.11. The van der Waals surface area contributed by atoms with E-state index in [9.17, 15) is 14.4 Å². The molecule has 0 aliphatic heterocycles. The van der Waals surface area contributed by atoms with Crippen molar-refractivity contribution >= 4 is 50.9 Å². The highest BCUT2D eigenvalue weighted by Crippen LogP contribution is 2.23. The lowest BCUT2D eigenvalue weighted by Crippen LogP contribution is -2.44. The third-order valence-corrected chi connectivity index (χ3v) is 4.86. The van der Waals surface area contributed by atoms with Crippen molar-refractivity contribution in [2.24, 2.45) is 0 Å². The predicted molar refractivity (Wildman–Crippen MR) is 115 cm³/mol. The summed E-state index contributed by atoms with van der Waals surface area (Å²) in [6.07, 6.45) is -0.124. The van der Waals surface area contributed by atoms with E-state index in [1.54, 1.807) is 37.3 Å². The van der Waals surface area contributed by atoms with Gasteiger partial charge >= 0.3 is 0 Å². The van der Waals surface area contributed by atoms with Gasteiger partial charge in [0.25, 0.3) is 5.91 Å². The van der Waals surface area contributed by atoms with Crippen molar-refractivity contribution in [1.82, 2.24) is 10.9 Å². The maximum Gasteiger partial charge on any atom is 0.276 e. The van der Waals surface area contributed by atoms with Gasteiger partial charge in [-0.2, -0.15) is 0 Å². The largest absolute Gasteiger partial charge is 0.483 e. The second-order valence-electron chi connectivity index (χ2n) is 6.26. The van der Waals surface area contributed by atoms with Crippen molar-refractivity contribution in [2.45, 2.75) is 26.7 Å². The van der Waals surface area contributed by atoms with Crippen LogP contribution < -0.4 is 20.9 Å². The van der Waals surface area contributed by atoms with Gasteiger partial charge in [-0.25, -0.2) is 0 Å². The number of hydrogen-bond acceptors (Lipinski definition) is 4. The molecule has 0 saturated carbocycles. The summed E-state index contributed by atoms with van der Waals surface area (Å²) >= 11 is 9.36. The van der Waals surface area contributed by atoms with Crippen LogP contribution in [0.3, 0.4) is 0 Å². The summed E-state index contributed by atoms with van der Waals surface area (Å²) in [7, 11) is 0. The topological polar surface area (TPSA) is 96.5 Å². The Balaban J connectivity index is 1.69. The van der Waals surface area contributed by atoms with Gasteiger partial charge in [-0.3, -0.25) is 25.2 Å². The van der Waals surface area contributed by atoms with E-state index in [2.05, 4.69) is 32.1 Å². The van der Waals surface area contributed by atoms with Crippen LogP contribution in [0.2, 0.25) is 5.02 Å². The third kappa shape index (κ3) is 7.40. The normalized spacial score (nSPS) is 10.2. The third-order valence-electron chi connectivity index (χ3n) is 3.96. The number of benzene rings is 2. The van der Waals surface area contributed by atoms with Crippen LogP contribution in [0.5, 0.6) is 5.75 Å². The molecule has 154 valence electrons. The Morgan fingerprint density at radius 3 is 2.41 bits per heavy atom. The molecule has 0 heterocycles. The number of aryl methyl sites for hydroxylation is 1. The number of nitrogens with one attached hydrogen (secondary N) is 3. The molecular weight excluding hydrogens is 462 g/mol. The van der Waals surface area contributed by atoms with Crippen LogP contribution in [-0.4, -0.2) is 24.3 Å². The number of hydrogen-bond donors (Lipinski definition) is 3. The molecule has 0 atom stereocenters. The van der Waals surface area contributed by atoms with E-state index in [1.165, 1.54) is 0 Å². The van der Waals surface area contributed by atoms with E-state index in [4.69, 9.17) is 16.3 Å². The number of rotatable bonds is 7. The first-order valence-electron chi connectivity index (χ1n) is 8.78. The maximum absolute atomic E-state index is 12.0. The van der Waals surface area contributed by atoms with Crippen LogP contribution in [0.15, 0.2) is 40.9 Å². The molecule has 0 aliphatic rings. The average Bonchev–Trinajstić information content (AvgIpc) is 2.67. The summed E-state index contributed by atoms with van der Waals surface area (Å²) in [6.45, 7) is 3.39. The fourth-order valence-corrected chi connectivity index (χ4v) is 2.99. The Labute approximate surface area is 182 Å². The van der Waals surface area contributed by atoms with Crippen molar-refractivity contribution in [3.8, 4) is 5.75 Å². The summed E-state index contributed by atoms with van der Waals surface area (Å²) < 4.78 is 6.32. The molecule has 2 rings (SSSR count). The Morgan fingerprint density at radius 1 is 1.00 bits per heavy atom. The second kappa shape index (κ2) is 10.8. The van der Waals surface area contributed by atoms with Crippen molar-refractivity contribution in [2.75, 3.05) is 11.9 Å². The van der Waals surface area contributed by atoms with Crippen LogP contribution in [0.25, 0.3) is 0 Å². The molecule has 9 heteroatoms. The Hall–Kier alpha value is -2.58. The number of hydrazine groups is 1. The van der Waals surface area contributed by atoms with Gasteiger partial charge in [0.15, 0.2) is 6.61 Å². The molecule has 2 aromatic carbocycles. The molecule has 0 fully saturated rings. The average molecular weight is 483 g/mol. The predicted octanol–water partition coefficient (Wildman–Crippen LogP) is 3.66. The smallest absolute Gasteiger partial charge is 0.276 e. The van der Waals surface area contributed by atoms with Crippen molar-refractivity contribution in [3.63, 3.8) is 0 Å². The van der Waals surface area contributed by atoms with Gasteiger partial charge in [-0.15, -0.1) is 0 Å². The molecular formula is C20H21BrClN3O4. The lowest BCUT2D eigenvalue weighted by atomic mass is 10.2. The molecule has 2 aromatic rings. The second-order valence-corrected chi connectivity index (χ2v) is 7.58. The first kappa shape index (κ1) is 22.7. The van der Waals surface area contributed by atoms with Crippen molar-refractivity contribution < 1.29 is 19.1 Å². The molecule has 0 saturated heterocycles. The summed E-state index contributed by atoms with van der Waals surface area (Å²) in [5, 5.41) is 3.25. The van der Waals surface area contributed by atoms with Crippen molar-refractivity contribution in [3.05, 3.63) is 57.0 Å². The lowest BCUT2D eigenvalue weighted by molar-refractivity contribution is -0.130. The lowest BCUT2D eigenvalue weighted by Gasteiger charge is -2.11. The van der Waals surface area contributed by atoms with Gasteiger partial charge in [-0.1, -0.05) is 33.6 Å². The van der Waals surface area contributed by atoms with Crippen LogP contribution in [0.1, 0.15) is 24.0 Å². The number of anilines is 1. The Morgan fingerprint density at radius 2 is 1.69 bits per heavy atom. The molecule has 3 N–H and O–H groups in total. The fourth-order valence-electron chi connectivity index (χ4n) is 2.34. The zero-order valence-corrected chi connectivity index (χ0v) is 18.3. The minimum absolute atomic E-state index is 0.0394. The SMILES string of the molecule is Cc1cc(Br)ccc1OCC(=O)NNC(=O)CCC(=O)Nc1cccc(Cl)c1C.